The largest absolute Gasteiger partial charge is 0.392 e. The van der Waals surface area contributed by atoms with E-state index in [0.29, 0.717) is 0 Å². The van der Waals surface area contributed by atoms with Crippen molar-refractivity contribution in [3.05, 3.63) is 39.4 Å². The van der Waals surface area contributed by atoms with Crippen LogP contribution in [0.2, 0.25) is 0 Å². The maximum Gasteiger partial charge on any atom is 0.0743 e. The number of hydrogen-bond donors (Lipinski definition) is 1. The van der Waals surface area contributed by atoms with Crippen LogP contribution < -0.4 is 0 Å². The lowest BCUT2D eigenvalue weighted by Crippen LogP contribution is -2.05. The summed E-state index contributed by atoms with van der Waals surface area (Å²) < 4.78 is 2.83. The quantitative estimate of drug-likeness (QED) is 0.926. The molecule has 4 nitrogen and oxygen atoms in total. The molecule has 0 amide bonds. The van der Waals surface area contributed by atoms with E-state index in [1.165, 1.54) is 0 Å². The Bertz CT molecular complexity index is 563. The summed E-state index contributed by atoms with van der Waals surface area (Å²) in [6, 6.07) is 1.93. The van der Waals surface area contributed by atoms with E-state index in [4.69, 9.17) is 0 Å². The normalized spacial score (nSPS) is 10.9. The van der Waals surface area contributed by atoms with Gasteiger partial charge in [0, 0.05) is 17.5 Å². The summed E-state index contributed by atoms with van der Waals surface area (Å²) in [5.74, 6) is 0. The molecule has 2 aromatic rings. The lowest BCUT2D eigenvalue weighted by molar-refractivity contribution is 0.280. The highest BCUT2D eigenvalue weighted by molar-refractivity contribution is 9.10. The second-order valence-corrected chi connectivity index (χ2v) is 4.80. The Kier molecular flexibility index (Phi) is 3.31. The first-order valence-corrected chi connectivity index (χ1v) is 6.12. The van der Waals surface area contributed by atoms with Gasteiger partial charge in [0.05, 0.1) is 28.2 Å². The molecule has 2 aromatic heterocycles. The molecule has 0 bridgehead atoms. The molecule has 0 fully saturated rings. The van der Waals surface area contributed by atoms with Crippen molar-refractivity contribution >= 4 is 15.9 Å². The van der Waals surface area contributed by atoms with E-state index in [1.54, 1.807) is 6.20 Å². The molecular formula is C12H14BrN3O. The van der Waals surface area contributed by atoms with Crippen LogP contribution in [0.1, 0.15) is 22.6 Å². The van der Waals surface area contributed by atoms with Gasteiger partial charge < -0.3 is 5.11 Å². The monoisotopic (exact) mass is 295 g/mol. The Morgan fingerprint density at radius 3 is 2.59 bits per heavy atom. The minimum atomic E-state index is -0.0431. The van der Waals surface area contributed by atoms with Gasteiger partial charge in [0.15, 0.2) is 0 Å². The number of rotatable bonds is 2. The summed E-state index contributed by atoms with van der Waals surface area (Å²) >= 11 is 3.50. The Balaban J connectivity index is 2.67. The van der Waals surface area contributed by atoms with Gasteiger partial charge in [-0.15, -0.1) is 0 Å². The van der Waals surface area contributed by atoms with Gasteiger partial charge in [-0.3, -0.25) is 4.98 Å². The van der Waals surface area contributed by atoms with E-state index in [-0.39, 0.29) is 6.61 Å². The fourth-order valence-corrected chi connectivity index (χ4v) is 2.00. The van der Waals surface area contributed by atoms with Crippen LogP contribution in [0.3, 0.4) is 0 Å². The molecule has 5 heteroatoms. The zero-order valence-electron chi connectivity index (χ0n) is 10.0. The molecule has 90 valence electrons. The second-order valence-electron chi connectivity index (χ2n) is 4.01. The van der Waals surface area contributed by atoms with Gasteiger partial charge in [0.1, 0.15) is 0 Å². The van der Waals surface area contributed by atoms with Crippen molar-refractivity contribution in [2.75, 3.05) is 0 Å². The molecule has 0 aliphatic heterocycles. The van der Waals surface area contributed by atoms with E-state index >= 15 is 0 Å². The Labute approximate surface area is 108 Å². The second kappa shape index (κ2) is 4.58. The van der Waals surface area contributed by atoms with Crippen LogP contribution >= 0.6 is 15.9 Å². The first kappa shape index (κ1) is 12.3. The van der Waals surface area contributed by atoms with E-state index in [2.05, 4.69) is 26.0 Å². The Morgan fingerprint density at radius 1 is 1.35 bits per heavy atom. The number of aromatic nitrogens is 3. The fourth-order valence-electron chi connectivity index (χ4n) is 1.75. The van der Waals surface area contributed by atoms with Gasteiger partial charge in [-0.1, -0.05) is 0 Å². The Hall–Kier alpha value is -1.20. The summed E-state index contributed by atoms with van der Waals surface area (Å²) in [6.07, 6.45) is 1.69. The summed E-state index contributed by atoms with van der Waals surface area (Å²) in [5.41, 5.74) is 4.50. The zero-order valence-corrected chi connectivity index (χ0v) is 11.6. The summed E-state index contributed by atoms with van der Waals surface area (Å²) in [7, 11) is 0. The molecule has 0 atom stereocenters. The number of hydrogen-bond acceptors (Lipinski definition) is 3. The molecular weight excluding hydrogens is 282 g/mol. The third kappa shape index (κ3) is 2.12. The first-order chi connectivity index (χ1) is 8.04. The van der Waals surface area contributed by atoms with Crippen molar-refractivity contribution in [2.45, 2.75) is 27.4 Å². The number of aryl methyl sites for hydroxylation is 2. The van der Waals surface area contributed by atoms with Crippen LogP contribution in [0.4, 0.5) is 0 Å². The predicted octanol–water partition coefficient (Wildman–Crippen LogP) is 2.45. The molecule has 0 saturated carbocycles. The average molecular weight is 296 g/mol. The number of aliphatic hydroxyl groups is 1. The maximum absolute atomic E-state index is 9.34. The average Bonchev–Trinajstić information content (AvgIpc) is 2.57. The molecule has 0 radical (unpaired) electrons. The molecule has 1 N–H and O–H groups in total. The van der Waals surface area contributed by atoms with Crippen molar-refractivity contribution in [2.24, 2.45) is 0 Å². The number of halogens is 1. The lowest BCUT2D eigenvalue weighted by Gasteiger charge is -2.09. The highest BCUT2D eigenvalue weighted by Crippen LogP contribution is 2.24. The maximum atomic E-state index is 9.34. The molecule has 2 rings (SSSR count). The number of aliphatic hydroxyl groups excluding tert-OH is 1. The molecule has 0 aliphatic rings. The molecule has 0 aromatic carbocycles. The number of nitrogens with zero attached hydrogens (tertiary/aromatic N) is 3. The third-order valence-corrected chi connectivity index (χ3v) is 3.85. The van der Waals surface area contributed by atoms with Gasteiger partial charge in [0.25, 0.3) is 0 Å². The minimum absolute atomic E-state index is 0.0431. The van der Waals surface area contributed by atoms with Crippen molar-refractivity contribution in [1.29, 1.82) is 0 Å². The molecule has 0 aliphatic carbocycles. The predicted molar refractivity (Wildman–Crippen MR) is 69.2 cm³/mol. The van der Waals surface area contributed by atoms with Crippen molar-refractivity contribution in [3.63, 3.8) is 0 Å². The van der Waals surface area contributed by atoms with Crippen LogP contribution in [0.5, 0.6) is 0 Å². The topological polar surface area (TPSA) is 50.9 Å². The Morgan fingerprint density at radius 2 is 2.06 bits per heavy atom. The molecule has 0 unspecified atom stereocenters. The van der Waals surface area contributed by atoms with Gasteiger partial charge in [-0.2, -0.15) is 5.10 Å². The van der Waals surface area contributed by atoms with E-state index in [1.807, 2.05) is 31.5 Å². The van der Waals surface area contributed by atoms with E-state index in [9.17, 15) is 5.11 Å². The van der Waals surface area contributed by atoms with Gasteiger partial charge in [-0.05, 0) is 42.8 Å². The van der Waals surface area contributed by atoms with E-state index < -0.39 is 0 Å². The third-order valence-electron chi connectivity index (χ3n) is 2.70. The zero-order chi connectivity index (χ0) is 12.6. The van der Waals surface area contributed by atoms with E-state index in [0.717, 1.165) is 32.8 Å². The minimum Gasteiger partial charge on any atom is -0.392 e. The molecule has 17 heavy (non-hydrogen) atoms. The van der Waals surface area contributed by atoms with Gasteiger partial charge in [0.2, 0.25) is 0 Å². The smallest absolute Gasteiger partial charge is 0.0743 e. The van der Waals surface area contributed by atoms with Crippen molar-refractivity contribution < 1.29 is 5.11 Å². The van der Waals surface area contributed by atoms with Gasteiger partial charge >= 0.3 is 0 Å². The fraction of sp³-hybridized carbons (Fsp3) is 0.333. The molecule has 0 saturated heterocycles. The van der Waals surface area contributed by atoms with Crippen LogP contribution in [-0.2, 0) is 6.61 Å². The lowest BCUT2D eigenvalue weighted by atomic mass is 10.2. The van der Waals surface area contributed by atoms with Crippen molar-refractivity contribution in [1.82, 2.24) is 14.8 Å². The highest BCUT2D eigenvalue weighted by atomic mass is 79.9. The highest BCUT2D eigenvalue weighted by Gasteiger charge is 2.13. The summed E-state index contributed by atoms with van der Waals surface area (Å²) in [5, 5.41) is 13.8. The van der Waals surface area contributed by atoms with Gasteiger partial charge in [-0.25, -0.2) is 4.68 Å². The van der Waals surface area contributed by atoms with Crippen LogP contribution in [0.15, 0.2) is 16.7 Å². The summed E-state index contributed by atoms with van der Waals surface area (Å²) in [6.45, 7) is 5.81. The number of pyridine rings is 1. The molecule has 0 spiro atoms. The summed E-state index contributed by atoms with van der Waals surface area (Å²) in [4.78, 5) is 4.18. The van der Waals surface area contributed by atoms with Crippen LogP contribution in [0, 0.1) is 20.8 Å². The van der Waals surface area contributed by atoms with Crippen molar-refractivity contribution in [3.8, 4) is 5.69 Å². The standard InChI is InChI=1S/C12H14BrN3O/c1-7-4-11(10(6-17)5-14-7)16-9(3)12(13)8(2)15-16/h4-5,17H,6H2,1-3H3. The van der Waals surface area contributed by atoms with Crippen LogP contribution in [0.25, 0.3) is 5.69 Å². The first-order valence-electron chi connectivity index (χ1n) is 5.33. The molecule has 2 heterocycles. The van der Waals surface area contributed by atoms with Crippen LogP contribution in [-0.4, -0.2) is 19.9 Å². The SMILES string of the molecule is Cc1cc(-n2nc(C)c(Br)c2C)c(CO)cn1.